The molecule has 0 aliphatic rings. The number of thiazole rings is 1. The Labute approximate surface area is 153 Å². The fourth-order valence-electron chi connectivity index (χ4n) is 2.19. The molecular weight excluding hydrogens is 379 g/mol. The molecule has 1 aromatic carbocycles. The number of hydrogen-bond acceptors (Lipinski definition) is 8. The Morgan fingerprint density at radius 2 is 2.04 bits per heavy atom. The van der Waals surface area contributed by atoms with Gasteiger partial charge in [0.05, 0.1) is 21.7 Å². The molecule has 0 saturated heterocycles. The summed E-state index contributed by atoms with van der Waals surface area (Å²) in [5.41, 5.74) is 1.16. The van der Waals surface area contributed by atoms with Gasteiger partial charge in [0.2, 0.25) is 16.0 Å². The lowest BCUT2D eigenvalue weighted by molar-refractivity contribution is 0.598. The Morgan fingerprint density at radius 1 is 1.27 bits per heavy atom. The molecular formula is C15H15FN6O2S2. The standard InChI is InChI=1S/C15H15FN6O2S2/c1-8-13(25-15(18-2)20-8)12-11(16)7-19-14(22-12)21-9-4-3-5-10(6-9)26(17,23)24/h3-7H,1-2H3,(H,18,20)(H2,17,23,24)(H,19,21,22). The summed E-state index contributed by atoms with van der Waals surface area (Å²) < 4.78 is 37.1. The molecule has 26 heavy (non-hydrogen) atoms. The summed E-state index contributed by atoms with van der Waals surface area (Å²) in [5, 5.41) is 11.5. The summed E-state index contributed by atoms with van der Waals surface area (Å²) in [4.78, 5) is 12.9. The van der Waals surface area contributed by atoms with Crippen molar-refractivity contribution in [2.45, 2.75) is 11.8 Å². The average molecular weight is 394 g/mol. The smallest absolute Gasteiger partial charge is 0.238 e. The number of primary sulfonamides is 1. The largest absolute Gasteiger partial charge is 0.365 e. The van der Waals surface area contributed by atoms with Gasteiger partial charge in [0.15, 0.2) is 10.9 Å². The second kappa shape index (κ2) is 6.94. The second-order valence-electron chi connectivity index (χ2n) is 5.27. The summed E-state index contributed by atoms with van der Waals surface area (Å²) in [6, 6.07) is 5.87. The molecule has 0 atom stereocenters. The normalized spacial score (nSPS) is 11.4. The molecule has 0 saturated carbocycles. The van der Waals surface area contributed by atoms with Crippen LogP contribution < -0.4 is 15.8 Å². The van der Waals surface area contributed by atoms with Crippen LogP contribution in [-0.4, -0.2) is 30.4 Å². The lowest BCUT2D eigenvalue weighted by Crippen LogP contribution is -2.12. The molecule has 4 N–H and O–H groups in total. The highest BCUT2D eigenvalue weighted by atomic mass is 32.2. The Morgan fingerprint density at radius 3 is 2.69 bits per heavy atom. The van der Waals surface area contributed by atoms with Crippen molar-refractivity contribution in [3.8, 4) is 10.6 Å². The van der Waals surface area contributed by atoms with E-state index in [1.165, 1.54) is 29.5 Å². The van der Waals surface area contributed by atoms with Crippen LogP contribution in [0.2, 0.25) is 0 Å². The molecule has 0 aliphatic carbocycles. The number of nitrogens with two attached hydrogens (primary N) is 1. The van der Waals surface area contributed by atoms with Crippen LogP contribution in [0.5, 0.6) is 0 Å². The molecule has 3 aromatic rings. The Kier molecular flexibility index (Phi) is 4.85. The van der Waals surface area contributed by atoms with E-state index >= 15 is 0 Å². The van der Waals surface area contributed by atoms with Crippen molar-refractivity contribution in [2.24, 2.45) is 5.14 Å². The fourth-order valence-corrected chi connectivity index (χ4v) is 3.66. The third-order valence-electron chi connectivity index (χ3n) is 3.39. The minimum Gasteiger partial charge on any atom is -0.365 e. The molecule has 0 spiro atoms. The predicted molar refractivity (Wildman–Crippen MR) is 98.5 cm³/mol. The maximum atomic E-state index is 14.2. The lowest BCUT2D eigenvalue weighted by atomic mass is 10.3. The Bertz CT molecular complexity index is 1070. The van der Waals surface area contributed by atoms with E-state index < -0.39 is 15.8 Å². The van der Waals surface area contributed by atoms with Gasteiger partial charge >= 0.3 is 0 Å². The number of aryl methyl sites for hydroxylation is 1. The maximum absolute atomic E-state index is 14.2. The van der Waals surface area contributed by atoms with E-state index in [4.69, 9.17) is 5.14 Å². The summed E-state index contributed by atoms with van der Waals surface area (Å²) in [6.45, 7) is 1.76. The maximum Gasteiger partial charge on any atom is 0.238 e. The van der Waals surface area contributed by atoms with E-state index in [0.717, 1.165) is 6.20 Å². The van der Waals surface area contributed by atoms with Gasteiger partial charge in [0, 0.05) is 12.7 Å². The molecule has 0 aliphatic heterocycles. The van der Waals surface area contributed by atoms with Gasteiger partial charge in [-0.25, -0.2) is 32.9 Å². The number of halogens is 1. The van der Waals surface area contributed by atoms with Crippen LogP contribution >= 0.6 is 11.3 Å². The van der Waals surface area contributed by atoms with E-state index in [9.17, 15) is 12.8 Å². The van der Waals surface area contributed by atoms with E-state index in [0.29, 0.717) is 21.4 Å². The molecule has 3 rings (SSSR count). The van der Waals surface area contributed by atoms with Crippen LogP contribution in [0.4, 0.5) is 21.2 Å². The third-order valence-corrected chi connectivity index (χ3v) is 5.48. The van der Waals surface area contributed by atoms with Crippen molar-refractivity contribution >= 4 is 38.1 Å². The first kappa shape index (κ1) is 18.2. The van der Waals surface area contributed by atoms with Crippen LogP contribution in [0.1, 0.15) is 5.69 Å². The first-order valence-corrected chi connectivity index (χ1v) is 9.72. The predicted octanol–water partition coefficient (Wildman–Crippen LogP) is 2.48. The molecule has 0 fully saturated rings. The van der Waals surface area contributed by atoms with Crippen molar-refractivity contribution in [1.82, 2.24) is 15.0 Å². The topological polar surface area (TPSA) is 123 Å². The van der Waals surface area contributed by atoms with Crippen molar-refractivity contribution in [3.63, 3.8) is 0 Å². The number of hydrogen-bond donors (Lipinski definition) is 3. The quantitative estimate of drug-likeness (QED) is 0.607. The second-order valence-corrected chi connectivity index (χ2v) is 7.83. The molecule has 8 nitrogen and oxygen atoms in total. The van der Waals surface area contributed by atoms with Gasteiger partial charge in [-0.2, -0.15) is 0 Å². The van der Waals surface area contributed by atoms with Crippen molar-refractivity contribution in [3.05, 3.63) is 42.0 Å². The van der Waals surface area contributed by atoms with Crippen LogP contribution in [0.3, 0.4) is 0 Å². The van der Waals surface area contributed by atoms with Crippen LogP contribution in [0.15, 0.2) is 35.4 Å². The average Bonchev–Trinajstić information content (AvgIpc) is 2.97. The molecule has 136 valence electrons. The summed E-state index contributed by atoms with van der Waals surface area (Å²) >= 11 is 1.27. The monoisotopic (exact) mass is 394 g/mol. The zero-order chi connectivity index (χ0) is 18.9. The van der Waals surface area contributed by atoms with Crippen molar-refractivity contribution < 1.29 is 12.8 Å². The van der Waals surface area contributed by atoms with Crippen LogP contribution in [-0.2, 0) is 10.0 Å². The minimum absolute atomic E-state index is 0.0539. The Balaban J connectivity index is 1.97. The highest BCUT2D eigenvalue weighted by Gasteiger charge is 2.17. The van der Waals surface area contributed by atoms with Gasteiger partial charge in [-0.1, -0.05) is 17.4 Å². The molecule has 2 aromatic heterocycles. The molecule has 0 radical (unpaired) electrons. The summed E-state index contributed by atoms with van der Waals surface area (Å²) in [7, 11) is -2.11. The molecule has 0 unspecified atom stereocenters. The van der Waals surface area contributed by atoms with E-state index in [2.05, 4.69) is 25.6 Å². The van der Waals surface area contributed by atoms with Gasteiger partial charge < -0.3 is 10.6 Å². The number of benzene rings is 1. The molecule has 2 heterocycles. The van der Waals surface area contributed by atoms with E-state index in [-0.39, 0.29) is 16.5 Å². The zero-order valence-electron chi connectivity index (χ0n) is 13.8. The minimum atomic E-state index is -3.84. The van der Waals surface area contributed by atoms with E-state index in [1.807, 2.05) is 0 Å². The molecule has 0 amide bonds. The fraction of sp³-hybridized carbons (Fsp3) is 0.133. The molecule has 0 bridgehead atoms. The highest BCUT2D eigenvalue weighted by molar-refractivity contribution is 7.89. The van der Waals surface area contributed by atoms with Gasteiger partial charge in [-0.05, 0) is 25.1 Å². The Hall–Kier alpha value is -2.63. The van der Waals surface area contributed by atoms with E-state index in [1.54, 1.807) is 20.0 Å². The SMILES string of the molecule is CNc1nc(C)c(-c2nc(Nc3cccc(S(N)(=O)=O)c3)ncc2F)s1. The highest BCUT2D eigenvalue weighted by Crippen LogP contribution is 2.33. The number of rotatable bonds is 5. The first-order valence-electron chi connectivity index (χ1n) is 7.36. The molecule has 11 heteroatoms. The van der Waals surface area contributed by atoms with Gasteiger partial charge in [0.1, 0.15) is 5.69 Å². The van der Waals surface area contributed by atoms with Gasteiger partial charge in [-0.15, -0.1) is 0 Å². The first-order chi connectivity index (χ1) is 12.3. The van der Waals surface area contributed by atoms with Crippen LogP contribution in [0, 0.1) is 12.7 Å². The van der Waals surface area contributed by atoms with Crippen molar-refractivity contribution in [2.75, 3.05) is 17.7 Å². The number of nitrogens with zero attached hydrogens (tertiary/aromatic N) is 3. The number of nitrogens with one attached hydrogen (secondary N) is 2. The third kappa shape index (κ3) is 3.79. The van der Waals surface area contributed by atoms with Crippen LogP contribution in [0.25, 0.3) is 10.6 Å². The number of anilines is 3. The summed E-state index contributed by atoms with van der Waals surface area (Å²) in [6.07, 6.45) is 1.05. The lowest BCUT2D eigenvalue weighted by Gasteiger charge is -2.08. The van der Waals surface area contributed by atoms with Gasteiger partial charge in [0.25, 0.3) is 0 Å². The number of sulfonamides is 1. The van der Waals surface area contributed by atoms with Gasteiger partial charge in [-0.3, -0.25) is 0 Å². The van der Waals surface area contributed by atoms with Crippen molar-refractivity contribution in [1.29, 1.82) is 0 Å². The summed E-state index contributed by atoms with van der Waals surface area (Å²) in [5.74, 6) is -0.463. The number of aromatic nitrogens is 3. The zero-order valence-corrected chi connectivity index (χ0v) is 15.4.